The Morgan fingerprint density at radius 1 is 1.04 bits per heavy atom. The summed E-state index contributed by atoms with van der Waals surface area (Å²) in [5.41, 5.74) is 0.171. The summed E-state index contributed by atoms with van der Waals surface area (Å²) in [5.74, 6) is 0.908. The fourth-order valence-corrected chi connectivity index (χ4v) is 3.92. The second-order valence-electron chi connectivity index (χ2n) is 6.57. The molecule has 28 heavy (non-hydrogen) atoms. The van der Waals surface area contributed by atoms with Crippen LogP contribution in [0.25, 0.3) is 0 Å². The van der Waals surface area contributed by atoms with E-state index in [0.29, 0.717) is 42.4 Å². The standard InChI is InChI=1S/C21H23NO5S/c23-19(15-27-20(24)21(25)10-12-28-13-11-21)22-17-6-8-18(9-7-17)26-14-16-4-2-1-3-5-16/h1-9,25H,10-15H2,(H,22,23). The molecule has 1 aliphatic rings. The molecule has 1 aliphatic heterocycles. The first-order valence-corrected chi connectivity index (χ1v) is 10.2. The van der Waals surface area contributed by atoms with Crippen LogP contribution in [0.4, 0.5) is 5.69 Å². The van der Waals surface area contributed by atoms with Gasteiger partial charge in [0.2, 0.25) is 0 Å². The van der Waals surface area contributed by atoms with Crippen LogP contribution in [-0.4, -0.2) is 40.7 Å². The van der Waals surface area contributed by atoms with Crippen LogP contribution in [-0.2, 0) is 20.9 Å². The fourth-order valence-electron chi connectivity index (χ4n) is 2.75. The summed E-state index contributed by atoms with van der Waals surface area (Å²) in [5, 5.41) is 12.9. The van der Waals surface area contributed by atoms with Crippen molar-refractivity contribution in [1.82, 2.24) is 0 Å². The predicted octanol–water partition coefficient (Wildman–Crippen LogP) is 3.01. The molecule has 2 aromatic rings. The lowest BCUT2D eigenvalue weighted by Crippen LogP contribution is -2.44. The van der Waals surface area contributed by atoms with Gasteiger partial charge in [-0.2, -0.15) is 11.8 Å². The lowest BCUT2D eigenvalue weighted by atomic mass is 9.97. The Hall–Kier alpha value is -2.51. The Morgan fingerprint density at radius 2 is 1.71 bits per heavy atom. The molecule has 6 nitrogen and oxygen atoms in total. The molecule has 0 aromatic heterocycles. The number of ether oxygens (including phenoxy) is 2. The summed E-state index contributed by atoms with van der Waals surface area (Å²) in [6.45, 7) is 0.0322. The highest BCUT2D eigenvalue weighted by Crippen LogP contribution is 2.28. The van der Waals surface area contributed by atoms with Gasteiger partial charge in [0, 0.05) is 5.69 Å². The monoisotopic (exact) mass is 401 g/mol. The molecule has 0 saturated carbocycles. The van der Waals surface area contributed by atoms with E-state index in [1.54, 1.807) is 36.0 Å². The average molecular weight is 401 g/mol. The van der Waals surface area contributed by atoms with Crippen molar-refractivity contribution in [2.45, 2.75) is 25.0 Å². The minimum absolute atomic E-state index is 0.350. The summed E-state index contributed by atoms with van der Waals surface area (Å²) in [6, 6.07) is 16.8. The second kappa shape index (κ2) is 9.61. The molecule has 1 fully saturated rings. The molecule has 0 bridgehead atoms. The summed E-state index contributed by atoms with van der Waals surface area (Å²) in [6.07, 6.45) is 0.700. The van der Waals surface area contributed by atoms with E-state index in [2.05, 4.69) is 5.32 Å². The first kappa shape index (κ1) is 20.2. The predicted molar refractivity (Wildman–Crippen MR) is 108 cm³/mol. The summed E-state index contributed by atoms with van der Waals surface area (Å²) in [7, 11) is 0. The highest BCUT2D eigenvalue weighted by Gasteiger charge is 2.39. The number of aliphatic hydroxyl groups is 1. The van der Waals surface area contributed by atoms with E-state index in [4.69, 9.17) is 9.47 Å². The number of benzene rings is 2. The maximum atomic E-state index is 12.0. The van der Waals surface area contributed by atoms with Crippen molar-refractivity contribution in [2.75, 3.05) is 23.4 Å². The smallest absolute Gasteiger partial charge is 0.338 e. The van der Waals surface area contributed by atoms with Crippen LogP contribution >= 0.6 is 11.8 Å². The van der Waals surface area contributed by atoms with Gasteiger partial charge in [0.05, 0.1) is 0 Å². The molecule has 3 rings (SSSR count). The van der Waals surface area contributed by atoms with Crippen LogP contribution in [0.3, 0.4) is 0 Å². The van der Waals surface area contributed by atoms with Crippen LogP contribution in [0.1, 0.15) is 18.4 Å². The number of esters is 1. The van der Waals surface area contributed by atoms with Crippen molar-refractivity contribution >= 4 is 29.3 Å². The fraction of sp³-hybridized carbons (Fsp3) is 0.333. The van der Waals surface area contributed by atoms with E-state index >= 15 is 0 Å². The number of carbonyl (C=O) groups excluding carboxylic acids is 2. The normalized spacial score (nSPS) is 15.5. The lowest BCUT2D eigenvalue weighted by molar-refractivity contribution is -0.167. The molecule has 0 radical (unpaired) electrons. The molecule has 2 aromatic carbocycles. The molecule has 0 spiro atoms. The van der Waals surface area contributed by atoms with Gasteiger partial charge in [0.1, 0.15) is 12.4 Å². The molecule has 0 unspecified atom stereocenters. The molecule has 7 heteroatoms. The van der Waals surface area contributed by atoms with Gasteiger partial charge in [-0.25, -0.2) is 4.79 Å². The molecule has 148 valence electrons. The Bertz CT molecular complexity index is 788. The molecular weight excluding hydrogens is 378 g/mol. The third-order valence-corrected chi connectivity index (χ3v) is 5.41. The Morgan fingerprint density at radius 3 is 2.39 bits per heavy atom. The van der Waals surface area contributed by atoms with Gasteiger partial charge in [0.25, 0.3) is 5.91 Å². The molecule has 2 N–H and O–H groups in total. The number of hydrogen-bond acceptors (Lipinski definition) is 6. The largest absolute Gasteiger partial charge is 0.489 e. The number of carbonyl (C=O) groups is 2. The first-order valence-electron chi connectivity index (χ1n) is 9.09. The third kappa shape index (κ3) is 5.74. The van der Waals surface area contributed by atoms with Gasteiger partial charge in [-0.15, -0.1) is 0 Å². The zero-order chi connectivity index (χ0) is 19.8. The van der Waals surface area contributed by atoms with Crippen LogP contribution in [0.2, 0.25) is 0 Å². The maximum absolute atomic E-state index is 12.0. The van der Waals surface area contributed by atoms with Crippen molar-refractivity contribution in [3.05, 3.63) is 60.2 Å². The zero-order valence-corrected chi connectivity index (χ0v) is 16.2. The molecular formula is C21H23NO5S. The SMILES string of the molecule is O=C(COC(=O)C1(O)CCSCC1)Nc1ccc(OCc2ccccc2)cc1. The highest BCUT2D eigenvalue weighted by atomic mass is 32.2. The van der Waals surface area contributed by atoms with E-state index in [-0.39, 0.29) is 0 Å². The molecule has 1 amide bonds. The van der Waals surface area contributed by atoms with Gasteiger partial charge in [0.15, 0.2) is 12.2 Å². The lowest BCUT2D eigenvalue weighted by Gasteiger charge is -2.29. The molecule has 1 saturated heterocycles. The van der Waals surface area contributed by atoms with Crippen molar-refractivity contribution in [3.63, 3.8) is 0 Å². The maximum Gasteiger partial charge on any atom is 0.338 e. The van der Waals surface area contributed by atoms with Crippen LogP contribution in [0.5, 0.6) is 5.75 Å². The topological polar surface area (TPSA) is 84.9 Å². The zero-order valence-electron chi connectivity index (χ0n) is 15.4. The number of amides is 1. The van der Waals surface area contributed by atoms with Crippen LogP contribution in [0, 0.1) is 0 Å². The summed E-state index contributed by atoms with van der Waals surface area (Å²) < 4.78 is 10.7. The number of anilines is 1. The van der Waals surface area contributed by atoms with E-state index in [9.17, 15) is 14.7 Å². The second-order valence-corrected chi connectivity index (χ2v) is 7.79. The molecule has 0 aliphatic carbocycles. The van der Waals surface area contributed by atoms with Crippen LogP contribution < -0.4 is 10.1 Å². The van der Waals surface area contributed by atoms with Gasteiger partial charge < -0.3 is 19.9 Å². The number of rotatable bonds is 7. The first-order chi connectivity index (χ1) is 13.5. The van der Waals surface area contributed by atoms with Crippen molar-refractivity contribution in [1.29, 1.82) is 0 Å². The van der Waals surface area contributed by atoms with E-state index in [1.165, 1.54) is 0 Å². The minimum atomic E-state index is -1.47. The van der Waals surface area contributed by atoms with Gasteiger partial charge >= 0.3 is 5.97 Å². The average Bonchev–Trinajstić information content (AvgIpc) is 2.73. The Labute approximate surface area is 168 Å². The van der Waals surface area contributed by atoms with Crippen molar-refractivity contribution < 1.29 is 24.2 Å². The van der Waals surface area contributed by atoms with Gasteiger partial charge in [-0.3, -0.25) is 4.79 Å². The molecule has 0 atom stereocenters. The Balaban J connectivity index is 1.43. The third-order valence-electron chi connectivity index (χ3n) is 4.42. The highest BCUT2D eigenvalue weighted by molar-refractivity contribution is 7.99. The summed E-state index contributed by atoms with van der Waals surface area (Å²) >= 11 is 1.69. The minimum Gasteiger partial charge on any atom is -0.489 e. The molecule has 1 heterocycles. The van der Waals surface area contributed by atoms with Crippen LogP contribution in [0.15, 0.2) is 54.6 Å². The van der Waals surface area contributed by atoms with Gasteiger partial charge in [-0.1, -0.05) is 30.3 Å². The van der Waals surface area contributed by atoms with E-state index in [1.807, 2.05) is 30.3 Å². The quantitative estimate of drug-likeness (QED) is 0.694. The van der Waals surface area contributed by atoms with E-state index in [0.717, 1.165) is 5.56 Å². The van der Waals surface area contributed by atoms with Crippen molar-refractivity contribution in [2.24, 2.45) is 0 Å². The number of hydrogen-bond donors (Lipinski definition) is 2. The van der Waals surface area contributed by atoms with Crippen molar-refractivity contribution in [3.8, 4) is 5.75 Å². The van der Waals surface area contributed by atoms with E-state index < -0.39 is 24.1 Å². The number of thioether (sulfide) groups is 1. The van der Waals surface area contributed by atoms with Gasteiger partial charge in [-0.05, 0) is 54.2 Å². The Kier molecular flexibility index (Phi) is 6.95. The number of nitrogens with one attached hydrogen (secondary N) is 1. The summed E-state index contributed by atoms with van der Waals surface area (Å²) in [4.78, 5) is 24.0.